The van der Waals surface area contributed by atoms with E-state index in [-0.39, 0.29) is 51.3 Å². The largest absolute Gasteiger partial charge is 3.00 e. The van der Waals surface area contributed by atoms with Crippen LogP contribution in [0, 0.1) is 6.07 Å². The first kappa shape index (κ1) is 32.2. The zero-order valence-corrected chi connectivity index (χ0v) is 25.8. The molecular weight excluding hydrogens is 655 g/mol. The van der Waals surface area contributed by atoms with E-state index in [2.05, 4.69) is 36.3 Å². The van der Waals surface area contributed by atoms with Crippen LogP contribution in [0.25, 0.3) is 21.5 Å². The van der Waals surface area contributed by atoms with Gasteiger partial charge in [-0.3, -0.25) is 15.1 Å². The van der Waals surface area contributed by atoms with Crippen LogP contribution in [0.15, 0.2) is 98.1 Å². The zero-order valence-electron chi connectivity index (χ0n) is 22.1. The molecule has 5 aromatic rings. The maximum atomic E-state index is 12.1. The van der Waals surface area contributed by atoms with Crippen molar-refractivity contribution in [1.29, 1.82) is 0 Å². The van der Waals surface area contributed by atoms with Crippen LogP contribution in [0.4, 0.5) is 28.4 Å². The topological polar surface area (TPSA) is 209 Å². The molecule has 0 amide bonds. The Morgan fingerprint density at radius 3 is 2.09 bits per heavy atom. The molecule has 0 unspecified atom stereocenters. The van der Waals surface area contributed by atoms with E-state index in [0.717, 1.165) is 0 Å². The molecule has 214 valence electrons. The molecule has 0 aliphatic carbocycles. The minimum atomic E-state index is -4.78. The van der Waals surface area contributed by atoms with Crippen molar-refractivity contribution < 1.29 is 71.1 Å². The van der Waals surface area contributed by atoms with Crippen molar-refractivity contribution in [3.63, 3.8) is 0 Å². The molecule has 0 saturated heterocycles. The van der Waals surface area contributed by atoms with Crippen LogP contribution < -0.4 is 5.73 Å². The molecule has 43 heavy (non-hydrogen) atoms. The molecule has 0 aromatic heterocycles. The molecule has 0 aliphatic heterocycles. The fourth-order valence-electron chi connectivity index (χ4n) is 4.36. The number of fused-ring (bicyclic) bond motifs is 2. The molecular formula is C28H22N5O8SY+2. The second-order valence-electron chi connectivity index (χ2n) is 9.06. The van der Waals surface area contributed by atoms with Gasteiger partial charge in [0.25, 0.3) is 10.1 Å². The summed E-state index contributed by atoms with van der Waals surface area (Å²) in [5.41, 5.74) is 7.98. The van der Waals surface area contributed by atoms with Crippen molar-refractivity contribution in [3.8, 4) is 5.75 Å². The number of benzene rings is 5. The van der Waals surface area contributed by atoms with E-state index in [1.54, 1.807) is 48.5 Å². The Morgan fingerprint density at radius 2 is 1.44 bits per heavy atom. The number of phenols is 1. The smallest absolute Gasteiger partial charge is 0.505 e. The molecule has 0 atom stereocenters. The standard InChI is InChI=1S/C28H22N5O8S.Y/c29-19-6-5-18-12-26(42(37,38)39)27(28(34)23(18)13-19)33-32-25-8-7-24(21-3-1-2-4-22(21)25)31-30-20-10-16(14-40-35)9-17(11-20)15-41-36;/h1,3-13,34-36H,14-15,29H2,(H,37,38,39);/q-1;+3. The summed E-state index contributed by atoms with van der Waals surface area (Å²) in [6, 6.07) is 21.7. The number of hydrogen-bond donors (Lipinski definition) is 5. The van der Waals surface area contributed by atoms with Gasteiger partial charge in [-0.25, -0.2) is 9.78 Å². The van der Waals surface area contributed by atoms with E-state index >= 15 is 0 Å². The van der Waals surface area contributed by atoms with Crippen LogP contribution in [0.3, 0.4) is 0 Å². The van der Waals surface area contributed by atoms with E-state index in [0.29, 0.717) is 50.0 Å². The summed E-state index contributed by atoms with van der Waals surface area (Å²) in [6.07, 6.45) is 0. The predicted octanol–water partition coefficient (Wildman–Crippen LogP) is 7.14. The maximum absolute atomic E-state index is 12.1. The maximum Gasteiger partial charge on any atom is 3.00 e. The molecule has 13 nitrogen and oxygen atoms in total. The van der Waals surface area contributed by atoms with Crippen molar-refractivity contribution in [1.82, 2.24) is 0 Å². The number of aromatic hydroxyl groups is 1. The van der Waals surface area contributed by atoms with Crippen LogP contribution in [0.5, 0.6) is 5.75 Å². The number of nitrogen functional groups attached to an aromatic ring is 1. The van der Waals surface area contributed by atoms with Gasteiger partial charge >= 0.3 is 32.7 Å². The van der Waals surface area contributed by atoms with Crippen LogP contribution >= 0.6 is 0 Å². The van der Waals surface area contributed by atoms with Crippen LogP contribution in [0.2, 0.25) is 0 Å². The van der Waals surface area contributed by atoms with E-state index in [9.17, 15) is 18.1 Å². The van der Waals surface area contributed by atoms with Gasteiger partial charge in [0, 0.05) is 16.8 Å². The van der Waals surface area contributed by atoms with Crippen LogP contribution in [-0.2, 0) is 65.8 Å². The van der Waals surface area contributed by atoms with E-state index in [4.69, 9.17) is 16.2 Å². The monoisotopic (exact) mass is 677 g/mol. The molecule has 5 rings (SSSR count). The first-order valence-corrected chi connectivity index (χ1v) is 13.6. The van der Waals surface area contributed by atoms with Crippen molar-refractivity contribution in [3.05, 3.63) is 90.0 Å². The minimum Gasteiger partial charge on any atom is -0.505 e. The second-order valence-corrected chi connectivity index (χ2v) is 10.4. The third-order valence-electron chi connectivity index (χ3n) is 6.20. The number of anilines is 1. The van der Waals surface area contributed by atoms with Gasteiger partial charge in [-0.2, -0.15) is 48.0 Å². The number of rotatable bonds is 9. The molecule has 0 bridgehead atoms. The Hall–Kier alpha value is -3.73. The first-order chi connectivity index (χ1) is 20.2. The summed E-state index contributed by atoms with van der Waals surface area (Å²) in [6.45, 7) is -0.223. The molecule has 5 aromatic carbocycles. The van der Waals surface area contributed by atoms with Gasteiger partial charge in [0.2, 0.25) is 0 Å². The Bertz CT molecular complexity index is 1960. The SMILES string of the molecule is Nc1ccc2cc(S(=O)(=O)O)c(N=Nc3ccc(N=Nc4cc(COO)cc(COO)c4)c4cc[c-]cc34)c(O)c2c1.[Y+3]. The van der Waals surface area contributed by atoms with E-state index in [1.807, 2.05) is 0 Å². The fraction of sp³-hybridized carbons (Fsp3) is 0.0714. The number of hydrogen-bond acceptors (Lipinski definition) is 12. The Balaban J connectivity index is 0.00000423. The Labute approximate surface area is 269 Å². The molecule has 0 aliphatic rings. The fourth-order valence-corrected chi connectivity index (χ4v) is 5.02. The van der Waals surface area contributed by atoms with Crippen molar-refractivity contribution >= 4 is 60.1 Å². The Morgan fingerprint density at radius 1 is 0.791 bits per heavy atom. The van der Waals surface area contributed by atoms with Gasteiger partial charge in [0.15, 0.2) is 5.75 Å². The van der Waals surface area contributed by atoms with Gasteiger partial charge in [0.05, 0.1) is 11.4 Å². The summed E-state index contributed by atoms with van der Waals surface area (Å²) in [7, 11) is -4.78. The zero-order chi connectivity index (χ0) is 29.9. The number of nitrogens with two attached hydrogens (primary N) is 1. The van der Waals surface area contributed by atoms with Gasteiger partial charge in [0.1, 0.15) is 23.8 Å². The number of azo groups is 2. The third-order valence-corrected chi connectivity index (χ3v) is 7.07. The summed E-state index contributed by atoms with van der Waals surface area (Å²) >= 11 is 0. The quantitative estimate of drug-likeness (QED) is 0.0268. The van der Waals surface area contributed by atoms with Crippen LogP contribution in [-0.4, -0.2) is 28.6 Å². The summed E-state index contributed by atoms with van der Waals surface area (Å²) in [5.74, 6) is -0.516. The van der Waals surface area contributed by atoms with Crippen LogP contribution in [0.1, 0.15) is 11.1 Å². The summed E-state index contributed by atoms with van der Waals surface area (Å²) in [4.78, 5) is 7.77. The average Bonchev–Trinajstić information content (AvgIpc) is 2.96. The van der Waals surface area contributed by atoms with E-state index in [1.165, 1.54) is 24.3 Å². The number of phenolic OH excluding ortho intramolecular Hbond substituents is 1. The second kappa shape index (κ2) is 13.7. The molecule has 0 saturated carbocycles. The normalized spacial score (nSPS) is 12.0. The van der Waals surface area contributed by atoms with Crippen molar-refractivity contribution in [2.75, 3.05) is 5.73 Å². The molecule has 0 fully saturated rings. The first-order valence-electron chi connectivity index (χ1n) is 12.1. The van der Waals surface area contributed by atoms with Gasteiger partial charge in [-0.1, -0.05) is 22.9 Å². The Kier molecular flexibility index (Phi) is 10.3. The molecule has 6 N–H and O–H groups in total. The van der Waals surface area contributed by atoms with Crippen molar-refractivity contribution in [2.45, 2.75) is 18.1 Å². The van der Waals surface area contributed by atoms with Gasteiger partial charge in [-0.05, 0) is 59.0 Å². The molecule has 0 radical (unpaired) electrons. The van der Waals surface area contributed by atoms with Gasteiger partial charge in [-0.15, -0.1) is 5.11 Å². The third kappa shape index (κ3) is 7.26. The summed E-state index contributed by atoms with van der Waals surface area (Å²) in [5, 5.41) is 47.0. The predicted molar refractivity (Wildman–Crippen MR) is 152 cm³/mol. The van der Waals surface area contributed by atoms with E-state index < -0.39 is 26.5 Å². The van der Waals surface area contributed by atoms with Gasteiger partial charge < -0.3 is 10.8 Å². The summed E-state index contributed by atoms with van der Waals surface area (Å²) < 4.78 is 34.1. The molecule has 15 heteroatoms. The van der Waals surface area contributed by atoms with Crippen molar-refractivity contribution in [2.24, 2.45) is 20.5 Å². The average molecular weight is 677 g/mol. The minimum absolute atomic E-state index is 0. The molecule has 0 heterocycles. The molecule has 0 spiro atoms. The number of nitrogens with zero attached hydrogens (tertiary/aromatic N) is 4.